The first kappa shape index (κ1) is 11.9. The van der Waals surface area contributed by atoms with Gasteiger partial charge in [0.25, 0.3) is 18.1 Å². The van der Waals surface area contributed by atoms with Crippen molar-refractivity contribution in [2.75, 3.05) is 5.23 Å². The van der Waals surface area contributed by atoms with Crippen molar-refractivity contribution < 1.29 is 41.3 Å². The number of hydrogen-bond donors (Lipinski definition) is 0. The summed E-state index contributed by atoms with van der Waals surface area (Å²) in [6, 6.07) is 0. The van der Waals surface area contributed by atoms with Crippen LogP contribution in [0.4, 0.5) is 5.82 Å². The van der Waals surface area contributed by atoms with Crippen LogP contribution in [0.1, 0.15) is 4.79 Å². The fraction of sp³-hybridized carbons (Fsp3) is 0.167. The maximum Gasteiger partial charge on any atom is 0.613 e. The van der Waals surface area contributed by atoms with E-state index >= 15 is 0 Å². The van der Waals surface area contributed by atoms with Gasteiger partial charge in [0.05, 0.1) is 0 Å². The summed E-state index contributed by atoms with van der Waals surface area (Å²) >= 11 is 0. The highest BCUT2D eigenvalue weighted by Crippen LogP contribution is 2.69. The lowest BCUT2D eigenvalue weighted by Gasteiger charge is -2.38. The Bertz CT molecular complexity index is 882. The van der Waals surface area contributed by atoms with E-state index in [1.807, 2.05) is 0 Å². The van der Waals surface area contributed by atoms with Crippen LogP contribution in [-0.2, 0) is 27.4 Å². The molecule has 4 bridgehead atoms. The Morgan fingerprint density at radius 2 is 1.76 bits per heavy atom. The van der Waals surface area contributed by atoms with Crippen molar-refractivity contribution in [1.29, 1.82) is 0 Å². The highest BCUT2D eigenvalue weighted by Gasteiger charge is 2.61. The monoisotopic (exact) mass is 337 g/mol. The average Bonchev–Trinajstić information content (AvgIpc) is 2.64. The summed E-state index contributed by atoms with van der Waals surface area (Å²) in [4.78, 5) is 27.4. The van der Waals surface area contributed by atoms with Crippen molar-refractivity contribution in [2.45, 2.75) is 6.29 Å². The number of aromatic nitrogens is 2. The van der Waals surface area contributed by atoms with Crippen LogP contribution in [0.5, 0.6) is 11.6 Å². The van der Waals surface area contributed by atoms with Crippen molar-refractivity contribution in [3.8, 4) is 11.6 Å². The van der Waals surface area contributed by atoms with Crippen LogP contribution < -0.4 is 20.0 Å². The molecular formula is C6HN3O10P2. The molecule has 1 saturated heterocycles. The molecule has 1 aromatic heterocycles. The smallest absolute Gasteiger partial charge is 0.384 e. The highest BCUT2D eigenvalue weighted by atomic mass is 31.2. The molecule has 13 nitrogen and oxygen atoms in total. The predicted molar refractivity (Wildman–Crippen MR) is 56.2 cm³/mol. The van der Waals surface area contributed by atoms with Gasteiger partial charge in [-0.2, -0.15) is 4.98 Å². The van der Waals surface area contributed by atoms with E-state index in [2.05, 4.69) is 14.0 Å². The molecule has 5 aliphatic rings. The lowest BCUT2D eigenvalue weighted by atomic mass is 10.4. The Hall–Kier alpha value is -1.75. The maximum absolute atomic E-state index is 12.1. The molecule has 21 heavy (non-hydrogen) atoms. The zero-order valence-corrected chi connectivity index (χ0v) is 11.2. The summed E-state index contributed by atoms with van der Waals surface area (Å²) in [6.45, 7) is 0. The lowest BCUT2D eigenvalue weighted by molar-refractivity contribution is -0.128. The van der Waals surface area contributed by atoms with E-state index in [9.17, 15) is 18.7 Å². The molecule has 0 spiro atoms. The summed E-state index contributed by atoms with van der Waals surface area (Å²) in [7, 11) is -8.29. The highest BCUT2D eigenvalue weighted by molar-refractivity contribution is 7.50. The second-order valence-corrected chi connectivity index (χ2v) is 6.97. The quantitative estimate of drug-likeness (QED) is 0.584. The fourth-order valence-electron chi connectivity index (χ4n) is 2.00. The van der Waals surface area contributed by atoms with Gasteiger partial charge in [-0.05, 0) is 0 Å². The van der Waals surface area contributed by atoms with Gasteiger partial charge >= 0.3 is 21.3 Å². The first-order valence-corrected chi connectivity index (χ1v) is 8.17. The van der Waals surface area contributed by atoms with E-state index in [0.29, 0.717) is 4.57 Å². The van der Waals surface area contributed by atoms with E-state index in [0.717, 1.165) is 0 Å². The van der Waals surface area contributed by atoms with E-state index in [4.69, 9.17) is 18.3 Å². The van der Waals surface area contributed by atoms with Crippen molar-refractivity contribution in [2.24, 2.45) is 0 Å². The van der Waals surface area contributed by atoms with Gasteiger partial charge < -0.3 is 9.05 Å². The largest absolute Gasteiger partial charge is 0.613 e. The third kappa shape index (κ3) is 1.33. The lowest BCUT2D eigenvalue weighted by Crippen LogP contribution is -2.48. The molecule has 5 aliphatic heterocycles. The number of carbonyl (C=O) groups is 1. The van der Waals surface area contributed by atoms with Gasteiger partial charge in [-0.3, -0.25) is 4.79 Å². The first-order valence-electron chi connectivity index (χ1n) is 5.24. The van der Waals surface area contributed by atoms with Crippen LogP contribution in [0.25, 0.3) is 0 Å². The van der Waals surface area contributed by atoms with E-state index in [-0.39, 0.29) is 11.0 Å². The number of rotatable bonds is 0. The summed E-state index contributed by atoms with van der Waals surface area (Å²) in [5, 5.41) is 0.285. The molecule has 6 heterocycles. The molecule has 15 heteroatoms. The second-order valence-electron chi connectivity index (χ2n) is 4.07. The summed E-state index contributed by atoms with van der Waals surface area (Å²) in [6.07, 6.45) is -1.59. The van der Waals surface area contributed by atoms with E-state index in [1.54, 1.807) is 0 Å². The van der Waals surface area contributed by atoms with Crippen LogP contribution in [0.15, 0.2) is 4.79 Å². The average molecular weight is 337 g/mol. The van der Waals surface area contributed by atoms with Crippen LogP contribution in [0.3, 0.4) is 0 Å². The van der Waals surface area contributed by atoms with Crippen molar-refractivity contribution >= 4 is 27.4 Å². The molecule has 0 radical (unpaired) electrons. The van der Waals surface area contributed by atoms with Crippen molar-refractivity contribution in [1.82, 2.24) is 9.55 Å². The van der Waals surface area contributed by atoms with Crippen LogP contribution in [0, 0.1) is 0 Å². The SMILES string of the molecule is O=C1C2OP(=O)(O2)ON2OP3(=O)Oc4nc(=O)n1c2c4O3. The molecule has 1 aromatic rings. The van der Waals surface area contributed by atoms with Crippen molar-refractivity contribution in [3.63, 3.8) is 0 Å². The Morgan fingerprint density at radius 1 is 1.05 bits per heavy atom. The van der Waals surface area contributed by atoms with Crippen molar-refractivity contribution in [3.05, 3.63) is 10.5 Å². The summed E-state index contributed by atoms with van der Waals surface area (Å²) in [5.74, 6) is -2.19. The zero-order valence-electron chi connectivity index (χ0n) is 9.40. The number of anilines is 1. The third-order valence-corrected chi connectivity index (χ3v) is 5.19. The molecule has 0 aromatic carbocycles. The predicted octanol–water partition coefficient (Wildman–Crippen LogP) is -0.0594. The molecule has 0 N–H and O–H groups in total. The molecule has 6 rings (SSSR count). The summed E-state index contributed by atoms with van der Waals surface area (Å²) in [5.41, 5.74) is -1.10. The van der Waals surface area contributed by atoms with Crippen LogP contribution >= 0.6 is 15.6 Å². The minimum absolute atomic E-state index is 0.285. The first-order chi connectivity index (χ1) is 9.88. The standard InChI is InChI=1S/C6HN3O10P2/c10-4-5-16-21(13,17-5)19-9-3-1-2(7-6(11)8(3)4)15-20(12,14-1)18-9/h5H. The van der Waals surface area contributed by atoms with Gasteiger partial charge in [0.1, 0.15) is 0 Å². The fourth-order valence-corrected chi connectivity index (χ4v) is 4.20. The maximum atomic E-state index is 12.1. The normalized spacial score (nSPS) is 38.0. The second kappa shape index (κ2) is 3.19. The topological polar surface area (TPSA) is 145 Å². The Kier molecular flexibility index (Phi) is 1.80. The van der Waals surface area contributed by atoms with Gasteiger partial charge in [0.15, 0.2) is 0 Å². The van der Waals surface area contributed by atoms with Gasteiger partial charge in [-0.25, -0.2) is 27.5 Å². The van der Waals surface area contributed by atoms with Gasteiger partial charge in [-0.1, -0.05) is 5.23 Å². The minimum atomic E-state index is -4.18. The molecule has 0 aliphatic carbocycles. The molecule has 1 atom stereocenters. The molecule has 1 unspecified atom stereocenters. The Balaban J connectivity index is 1.87. The van der Waals surface area contributed by atoms with E-state index in [1.165, 1.54) is 0 Å². The molecule has 0 amide bonds. The number of carbonyl (C=O) groups excluding carboxylic acids is 1. The number of nitrogens with zero attached hydrogens (tertiary/aromatic N) is 3. The van der Waals surface area contributed by atoms with Gasteiger partial charge in [0, 0.05) is 0 Å². The minimum Gasteiger partial charge on any atom is -0.384 e. The number of phosphoric acid groups is 2. The van der Waals surface area contributed by atoms with Crippen LogP contribution in [0.2, 0.25) is 0 Å². The summed E-state index contributed by atoms with van der Waals surface area (Å²) < 4.78 is 52.8. The number of fused-ring (bicyclic) bond motifs is 1. The number of phosphoric ester groups is 2. The molecule has 1 fully saturated rings. The number of hydrogen-bond acceptors (Lipinski definition) is 12. The zero-order chi connectivity index (χ0) is 14.6. The molecule has 110 valence electrons. The molecule has 0 saturated carbocycles. The molecular weight excluding hydrogens is 336 g/mol. The van der Waals surface area contributed by atoms with Gasteiger partial charge in [-0.15, -0.1) is 9.25 Å². The third-order valence-electron chi connectivity index (χ3n) is 2.79. The van der Waals surface area contributed by atoms with E-state index < -0.39 is 45.2 Å². The Morgan fingerprint density at radius 3 is 2.52 bits per heavy atom. The Labute approximate surface area is 113 Å². The van der Waals surface area contributed by atoms with Crippen LogP contribution in [-0.4, -0.2) is 21.7 Å². The van der Waals surface area contributed by atoms with Gasteiger partial charge in [0.2, 0.25) is 11.6 Å².